The fraction of sp³-hybridized carbons (Fsp3) is 0.500. The van der Waals surface area contributed by atoms with Gasteiger partial charge in [-0.3, -0.25) is 9.59 Å². The zero-order valence-electron chi connectivity index (χ0n) is 24.1. The van der Waals surface area contributed by atoms with Gasteiger partial charge in [0.15, 0.2) is 22.2 Å². The second-order valence-corrected chi connectivity index (χ2v) is 13.2. The Morgan fingerprint density at radius 2 is 1.80 bits per heavy atom. The topological polar surface area (TPSA) is 120 Å². The highest BCUT2D eigenvalue weighted by atomic mass is 32.1. The highest BCUT2D eigenvalue weighted by Gasteiger charge is 2.63. The number of amides is 2. The van der Waals surface area contributed by atoms with E-state index in [9.17, 15) is 22.8 Å². The third kappa shape index (κ3) is 4.49. The van der Waals surface area contributed by atoms with Crippen LogP contribution in [-0.2, 0) is 9.47 Å². The van der Waals surface area contributed by atoms with Gasteiger partial charge in [-0.05, 0) is 50.3 Å². The lowest BCUT2D eigenvalue weighted by atomic mass is 9.70. The number of hydrogen-bond acceptors (Lipinski definition) is 10. The molecule has 1 aliphatic carbocycles. The molecule has 15 heteroatoms. The molecule has 2 N–H and O–H groups in total. The number of benzene rings is 2. The van der Waals surface area contributed by atoms with Gasteiger partial charge < -0.3 is 39.2 Å². The number of nitrogens with one attached hydrogen (secondary N) is 2. The number of carbonyl (C=O) groups excluding carboxylic acids is 2. The van der Waals surface area contributed by atoms with E-state index in [0.717, 1.165) is 11.6 Å². The molecule has 6 aliphatic rings. The molecule has 2 unspecified atom stereocenters. The number of ether oxygens (including phenoxy) is 5. The maximum Gasteiger partial charge on any atom is 0.417 e. The van der Waals surface area contributed by atoms with Crippen LogP contribution in [0.15, 0.2) is 24.3 Å². The summed E-state index contributed by atoms with van der Waals surface area (Å²) in [7, 11) is 1.47. The third-order valence-electron chi connectivity index (χ3n) is 9.67. The van der Waals surface area contributed by atoms with Crippen LogP contribution in [0.3, 0.4) is 0 Å². The molecule has 1 saturated carbocycles. The quantitative estimate of drug-likeness (QED) is 0.395. The van der Waals surface area contributed by atoms with Crippen molar-refractivity contribution < 1.29 is 46.4 Å². The van der Waals surface area contributed by atoms with Crippen molar-refractivity contribution in [2.24, 2.45) is 0 Å². The molecule has 11 nitrogen and oxygen atoms in total. The van der Waals surface area contributed by atoms with Crippen LogP contribution in [0.1, 0.15) is 52.8 Å². The van der Waals surface area contributed by atoms with Crippen molar-refractivity contribution in [2.45, 2.75) is 61.5 Å². The number of thiazole rings is 1. The summed E-state index contributed by atoms with van der Waals surface area (Å²) in [5.41, 5.74) is -2.01. The number of aromatic nitrogens is 1. The summed E-state index contributed by atoms with van der Waals surface area (Å²) < 4.78 is 69.2. The Bertz CT molecular complexity index is 1690. The minimum Gasteiger partial charge on any atom is -0.496 e. The molecule has 4 bridgehead atoms. The average molecular weight is 647 g/mol. The molecular formula is C30H29F3N4O7S. The number of alkyl halides is 3. The molecular weight excluding hydrogens is 617 g/mol. The molecule has 6 heterocycles. The Balaban J connectivity index is 1.09. The predicted molar refractivity (Wildman–Crippen MR) is 156 cm³/mol. The highest BCUT2D eigenvalue weighted by molar-refractivity contribution is 7.22. The molecule has 3 aromatic rings. The van der Waals surface area contributed by atoms with Gasteiger partial charge in [0.2, 0.25) is 6.79 Å². The Labute approximate surface area is 258 Å². The number of rotatable bonds is 6. The van der Waals surface area contributed by atoms with Gasteiger partial charge in [-0.2, -0.15) is 13.2 Å². The largest absolute Gasteiger partial charge is 0.496 e. The highest BCUT2D eigenvalue weighted by Crippen LogP contribution is 2.52. The molecule has 4 saturated heterocycles. The summed E-state index contributed by atoms with van der Waals surface area (Å²) in [6.07, 6.45) is -3.70. The molecule has 238 valence electrons. The van der Waals surface area contributed by atoms with Crippen molar-refractivity contribution in [1.82, 2.24) is 10.3 Å². The zero-order valence-corrected chi connectivity index (χ0v) is 24.9. The number of hydrogen-bond donors (Lipinski definition) is 2. The summed E-state index contributed by atoms with van der Waals surface area (Å²) in [6.45, 7) is 0.941. The second kappa shape index (κ2) is 10.1. The Morgan fingerprint density at radius 1 is 1.07 bits per heavy atom. The Hall–Kier alpha value is -3.82. The first-order valence-electron chi connectivity index (χ1n) is 14.7. The maximum atomic E-state index is 14.0. The fourth-order valence-electron chi connectivity index (χ4n) is 7.06. The molecule has 0 radical (unpaired) electrons. The second-order valence-electron chi connectivity index (χ2n) is 12.2. The minimum atomic E-state index is -4.48. The summed E-state index contributed by atoms with van der Waals surface area (Å²) >= 11 is 1.40. The molecule has 0 spiro atoms. The van der Waals surface area contributed by atoms with Crippen LogP contribution in [0.4, 0.5) is 24.0 Å². The Kier molecular flexibility index (Phi) is 6.42. The van der Waals surface area contributed by atoms with Gasteiger partial charge in [-0.15, -0.1) is 0 Å². The average Bonchev–Trinajstić information content (AvgIpc) is 3.67. The van der Waals surface area contributed by atoms with E-state index >= 15 is 0 Å². The van der Waals surface area contributed by atoms with Crippen LogP contribution in [0, 0.1) is 0 Å². The smallest absolute Gasteiger partial charge is 0.417 e. The van der Waals surface area contributed by atoms with Gasteiger partial charge >= 0.3 is 6.18 Å². The van der Waals surface area contributed by atoms with Crippen LogP contribution in [0.2, 0.25) is 0 Å². The zero-order chi connectivity index (χ0) is 31.1. The number of carbonyl (C=O) groups is 2. The maximum absolute atomic E-state index is 14.0. The van der Waals surface area contributed by atoms with Crippen LogP contribution in [0.5, 0.6) is 17.2 Å². The third-order valence-corrected chi connectivity index (χ3v) is 10.8. The van der Waals surface area contributed by atoms with Gasteiger partial charge in [-0.1, -0.05) is 11.3 Å². The number of anilines is 2. The number of methoxy groups -OCH3 is 1. The summed E-state index contributed by atoms with van der Waals surface area (Å²) in [6, 6.07) is 6.96. The van der Waals surface area contributed by atoms with Crippen molar-refractivity contribution >= 4 is 44.2 Å². The molecule has 9 rings (SSSR count). The van der Waals surface area contributed by atoms with E-state index in [1.54, 1.807) is 12.1 Å². The molecule has 5 fully saturated rings. The molecule has 2 amide bonds. The van der Waals surface area contributed by atoms with E-state index in [2.05, 4.69) is 15.5 Å². The number of halogens is 3. The van der Waals surface area contributed by atoms with Crippen LogP contribution in [0.25, 0.3) is 10.2 Å². The molecule has 2 atom stereocenters. The van der Waals surface area contributed by atoms with E-state index in [0.29, 0.717) is 40.7 Å². The summed E-state index contributed by atoms with van der Waals surface area (Å²) in [5.74, 6) is -0.121. The lowest BCUT2D eigenvalue weighted by Gasteiger charge is -2.53. The van der Waals surface area contributed by atoms with Crippen molar-refractivity contribution in [3.05, 3.63) is 35.4 Å². The fourth-order valence-corrected chi connectivity index (χ4v) is 8.30. The van der Waals surface area contributed by atoms with Gasteiger partial charge in [0.05, 0.1) is 66.0 Å². The van der Waals surface area contributed by atoms with E-state index < -0.39 is 29.1 Å². The normalized spacial score (nSPS) is 28.1. The first kappa shape index (κ1) is 28.6. The Morgan fingerprint density at radius 3 is 2.44 bits per heavy atom. The molecule has 1 aromatic heterocycles. The first-order valence-corrected chi connectivity index (χ1v) is 15.5. The van der Waals surface area contributed by atoms with Crippen molar-refractivity contribution in [2.75, 3.05) is 43.9 Å². The van der Waals surface area contributed by atoms with E-state index in [1.165, 1.54) is 30.6 Å². The molecule has 45 heavy (non-hydrogen) atoms. The lowest BCUT2D eigenvalue weighted by molar-refractivity contribution is -0.317. The van der Waals surface area contributed by atoms with Gasteiger partial charge in [-0.25, -0.2) is 4.98 Å². The number of morpholine rings is 1. The van der Waals surface area contributed by atoms with Crippen molar-refractivity contribution in [3.8, 4) is 17.2 Å². The van der Waals surface area contributed by atoms with E-state index in [1.807, 2.05) is 0 Å². The van der Waals surface area contributed by atoms with Crippen molar-refractivity contribution in [3.63, 3.8) is 0 Å². The van der Waals surface area contributed by atoms with Crippen LogP contribution < -0.4 is 29.7 Å². The van der Waals surface area contributed by atoms with Crippen LogP contribution in [-0.4, -0.2) is 79.9 Å². The van der Waals surface area contributed by atoms with E-state index in [4.69, 9.17) is 28.7 Å². The summed E-state index contributed by atoms with van der Waals surface area (Å²) in [5, 5.41) is 6.59. The SMILES string of the molecule is COc1ccc2nc(N3C4COCC3C4)sc2c1C(=O)Nc1cc2c(cc1C(=O)NC13CCC(C(F)(F)F)(CC1)OC3)OCO2. The number of fused-ring (bicyclic) bond motifs is 7. The van der Waals surface area contributed by atoms with E-state index in [-0.39, 0.29) is 68.0 Å². The monoisotopic (exact) mass is 646 g/mol. The minimum absolute atomic E-state index is 0.0641. The first-order chi connectivity index (χ1) is 21.6. The summed E-state index contributed by atoms with van der Waals surface area (Å²) in [4.78, 5) is 34.8. The van der Waals surface area contributed by atoms with Gasteiger partial charge in [0.25, 0.3) is 11.8 Å². The lowest BCUT2D eigenvalue weighted by Crippen LogP contribution is -2.66. The molecule has 5 aliphatic heterocycles. The standard InChI is InChI=1S/C30H29F3N4O7S/c1-40-20-3-2-18-24(45-27(35-18)37-15-8-16(37)12-41-11-15)23(20)26(39)34-19-10-22-21(42-14-43-22)9-17(19)25(38)36-28-4-6-29(7-5-28,44-13-28)30(31,32)33/h2-3,9-10,15-16H,4-8,11-14H2,1H3,(H,34,39)(H,36,38). The number of nitrogens with zero attached hydrogens (tertiary/aromatic N) is 2. The molecule has 2 aromatic carbocycles. The van der Waals surface area contributed by atoms with Crippen LogP contribution >= 0.6 is 11.3 Å². The predicted octanol–water partition coefficient (Wildman–Crippen LogP) is 4.64. The van der Waals surface area contributed by atoms with Crippen molar-refractivity contribution in [1.29, 1.82) is 0 Å². The van der Waals surface area contributed by atoms with Gasteiger partial charge in [0.1, 0.15) is 11.3 Å². The van der Waals surface area contributed by atoms with Gasteiger partial charge in [0, 0.05) is 6.07 Å².